The van der Waals surface area contributed by atoms with Gasteiger partial charge in [0.2, 0.25) is 5.95 Å². The molecule has 0 aliphatic heterocycles. The van der Waals surface area contributed by atoms with Crippen molar-refractivity contribution in [1.29, 1.82) is 0 Å². The van der Waals surface area contributed by atoms with Crippen molar-refractivity contribution in [3.63, 3.8) is 0 Å². The zero-order valence-electron chi connectivity index (χ0n) is 27.2. The number of nitrogens with zero attached hydrogens (tertiary/aromatic N) is 4. The highest BCUT2D eigenvalue weighted by Crippen LogP contribution is 2.66. The Balaban J connectivity index is 1.35. The molecule has 51 heavy (non-hydrogen) atoms. The first-order chi connectivity index (χ1) is 25.3. The zero-order chi connectivity index (χ0) is 33.3. The number of fused-ring (bicyclic) bond motifs is 18. The molecule has 2 aliphatic rings. The highest BCUT2D eigenvalue weighted by molar-refractivity contribution is 7.18. The van der Waals surface area contributed by atoms with Crippen molar-refractivity contribution < 1.29 is 0 Å². The number of benzene rings is 6. The average molecular weight is 667 g/mol. The number of pyridine rings is 1. The van der Waals surface area contributed by atoms with Crippen LogP contribution in [-0.4, -0.2) is 19.5 Å². The Morgan fingerprint density at radius 3 is 2.06 bits per heavy atom. The summed E-state index contributed by atoms with van der Waals surface area (Å²) < 4.78 is 3.62. The number of hydrogen-bond acceptors (Lipinski definition) is 4. The summed E-state index contributed by atoms with van der Waals surface area (Å²) in [6.45, 7) is 0. The maximum atomic E-state index is 5.50. The van der Waals surface area contributed by atoms with E-state index >= 15 is 0 Å². The van der Waals surface area contributed by atoms with Gasteiger partial charge in [-0.25, -0.2) is 9.97 Å². The van der Waals surface area contributed by atoms with Crippen LogP contribution in [0.5, 0.6) is 0 Å². The molecule has 0 radical (unpaired) electrons. The van der Waals surface area contributed by atoms with E-state index in [1.807, 2.05) is 17.5 Å². The van der Waals surface area contributed by atoms with Gasteiger partial charge in [0.05, 0.1) is 33.4 Å². The fourth-order valence-corrected chi connectivity index (χ4v) is 10.3. The molecule has 0 bridgehead atoms. The van der Waals surface area contributed by atoms with Gasteiger partial charge < -0.3 is 0 Å². The third-order valence-corrected chi connectivity index (χ3v) is 12.1. The Morgan fingerprint density at radius 1 is 0.549 bits per heavy atom. The van der Waals surface area contributed by atoms with Crippen molar-refractivity contribution in [3.05, 3.63) is 179 Å². The molecule has 236 valence electrons. The maximum absolute atomic E-state index is 5.50. The van der Waals surface area contributed by atoms with Crippen LogP contribution in [0.2, 0.25) is 0 Å². The Bertz CT molecular complexity index is 3050. The molecule has 0 N–H and O–H groups in total. The summed E-state index contributed by atoms with van der Waals surface area (Å²) in [5.74, 6) is 0.661. The topological polar surface area (TPSA) is 43.6 Å². The second-order valence-electron chi connectivity index (χ2n) is 13.5. The molecule has 1 spiro atoms. The number of hydrogen-bond donors (Lipinski definition) is 0. The van der Waals surface area contributed by atoms with Crippen LogP contribution in [0.4, 0.5) is 0 Å². The lowest BCUT2D eigenvalue weighted by Gasteiger charge is -2.31. The van der Waals surface area contributed by atoms with E-state index in [1.165, 1.54) is 59.8 Å². The monoisotopic (exact) mass is 666 g/mol. The van der Waals surface area contributed by atoms with Gasteiger partial charge in [-0.15, -0.1) is 11.3 Å². The summed E-state index contributed by atoms with van der Waals surface area (Å²) in [5, 5.41) is 6.93. The molecule has 0 amide bonds. The summed E-state index contributed by atoms with van der Waals surface area (Å²) in [5.41, 5.74) is 14.4. The lowest BCUT2D eigenvalue weighted by molar-refractivity contribution is 0.793. The van der Waals surface area contributed by atoms with Gasteiger partial charge >= 0.3 is 0 Å². The Hall–Kier alpha value is -6.43. The van der Waals surface area contributed by atoms with E-state index in [2.05, 4.69) is 156 Å². The smallest absolute Gasteiger partial charge is 0.235 e. The lowest BCUT2D eigenvalue weighted by Crippen LogP contribution is -2.27. The van der Waals surface area contributed by atoms with Crippen molar-refractivity contribution in [1.82, 2.24) is 19.5 Å². The van der Waals surface area contributed by atoms with Crippen LogP contribution >= 0.6 is 11.3 Å². The van der Waals surface area contributed by atoms with Gasteiger partial charge in [-0.1, -0.05) is 121 Å². The molecule has 5 heteroatoms. The van der Waals surface area contributed by atoms with E-state index in [4.69, 9.17) is 15.0 Å². The second kappa shape index (κ2) is 9.84. The second-order valence-corrected chi connectivity index (χ2v) is 14.4. The van der Waals surface area contributed by atoms with Crippen LogP contribution in [0.1, 0.15) is 22.3 Å². The number of para-hydroxylation sites is 2. The molecule has 12 rings (SSSR count). The SMILES string of the molecule is c1ccc(-c2nc(-n3c4ccccc4c4c5ccsc5c5c(c43)C3(c4ccccc4-c4ccccc43)c3cccnc3-5)nc3ccccc23)cc1. The van der Waals surface area contributed by atoms with Crippen molar-refractivity contribution in [3.8, 4) is 39.6 Å². The highest BCUT2D eigenvalue weighted by Gasteiger charge is 2.54. The minimum atomic E-state index is -0.590. The summed E-state index contributed by atoms with van der Waals surface area (Å²) in [6.07, 6.45) is 1.95. The molecule has 0 fully saturated rings. The first-order valence-electron chi connectivity index (χ1n) is 17.3. The minimum absolute atomic E-state index is 0.590. The van der Waals surface area contributed by atoms with E-state index in [9.17, 15) is 0 Å². The van der Waals surface area contributed by atoms with Gasteiger partial charge in [-0.3, -0.25) is 9.55 Å². The molecule has 0 saturated carbocycles. The average Bonchev–Trinajstić information content (AvgIpc) is 3.95. The molecule has 4 nitrogen and oxygen atoms in total. The third-order valence-electron chi connectivity index (χ3n) is 11.1. The predicted molar refractivity (Wildman–Crippen MR) is 209 cm³/mol. The first kappa shape index (κ1) is 27.4. The predicted octanol–water partition coefficient (Wildman–Crippen LogP) is 11.3. The van der Waals surface area contributed by atoms with Crippen molar-refractivity contribution in [2.24, 2.45) is 0 Å². The normalized spacial score (nSPS) is 13.6. The first-order valence-corrected chi connectivity index (χ1v) is 18.2. The van der Waals surface area contributed by atoms with E-state index in [0.29, 0.717) is 5.95 Å². The van der Waals surface area contributed by atoms with E-state index in [1.54, 1.807) is 0 Å². The van der Waals surface area contributed by atoms with Crippen LogP contribution in [0.25, 0.3) is 82.4 Å². The Kier molecular flexibility index (Phi) is 5.29. The molecule has 2 aliphatic carbocycles. The number of rotatable bonds is 2. The van der Waals surface area contributed by atoms with E-state index in [-0.39, 0.29) is 0 Å². The van der Waals surface area contributed by atoms with Crippen LogP contribution in [0, 0.1) is 0 Å². The van der Waals surface area contributed by atoms with Crippen molar-refractivity contribution in [2.45, 2.75) is 5.41 Å². The van der Waals surface area contributed by atoms with Crippen molar-refractivity contribution >= 4 is 54.1 Å². The molecule has 0 unspecified atom stereocenters. The summed E-state index contributed by atoms with van der Waals surface area (Å²) in [6, 6.07) is 52.3. The summed E-state index contributed by atoms with van der Waals surface area (Å²) in [4.78, 5) is 16.1. The van der Waals surface area contributed by atoms with Crippen molar-refractivity contribution in [2.75, 3.05) is 0 Å². The van der Waals surface area contributed by atoms with Gasteiger partial charge in [-0.05, 0) is 57.5 Å². The maximum Gasteiger partial charge on any atom is 0.235 e. The number of aromatic nitrogens is 4. The third kappa shape index (κ3) is 3.32. The molecule has 4 heterocycles. The highest BCUT2D eigenvalue weighted by atomic mass is 32.1. The molecule has 0 saturated heterocycles. The number of thiophene rings is 1. The largest absolute Gasteiger partial charge is 0.277 e. The molecular formula is C46H26N4S. The standard InChI is InChI=1S/C46H26N4S/c1-2-13-27(14-3-1)41-30-17-6-10-22-36(30)48-45(49-41)50-37-23-11-7-18-31(37)38-32-24-26-51-44(32)39-40(43(38)50)46(35-21-12-25-47-42(35)39)33-19-8-4-15-28(33)29-16-5-9-20-34(29)46/h1-26H. The summed E-state index contributed by atoms with van der Waals surface area (Å²) in [7, 11) is 0. The Labute approximate surface area is 297 Å². The van der Waals surface area contributed by atoms with Gasteiger partial charge in [0.15, 0.2) is 0 Å². The van der Waals surface area contributed by atoms with Gasteiger partial charge in [-0.2, -0.15) is 0 Å². The van der Waals surface area contributed by atoms with Crippen LogP contribution in [0.3, 0.4) is 0 Å². The lowest BCUT2D eigenvalue weighted by atomic mass is 9.70. The van der Waals surface area contributed by atoms with E-state index < -0.39 is 5.41 Å². The fraction of sp³-hybridized carbons (Fsp3) is 0.0217. The van der Waals surface area contributed by atoms with Gasteiger partial charge in [0, 0.05) is 49.1 Å². The van der Waals surface area contributed by atoms with Gasteiger partial charge in [0.25, 0.3) is 0 Å². The van der Waals surface area contributed by atoms with Gasteiger partial charge in [0.1, 0.15) is 0 Å². The quantitative estimate of drug-likeness (QED) is 0.184. The molecule has 10 aromatic rings. The molecule has 6 aromatic carbocycles. The zero-order valence-corrected chi connectivity index (χ0v) is 28.0. The van der Waals surface area contributed by atoms with E-state index in [0.717, 1.165) is 38.9 Å². The van der Waals surface area contributed by atoms with Crippen LogP contribution in [0.15, 0.2) is 157 Å². The van der Waals surface area contributed by atoms with Crippen LogP contribution < -0.4 is 0 Å². The summed E-state index contributed by atoms with van der Waals surface area (Å²) >= 11 is 1.81. The molecule has 0 atom stereocenters. The minimum Gasteiger partial charge on any atom is -0.277 e. The Morgan fingerprint density at radius 2 is 1.24 bits per heavy atom. The molecule has 4 aromatic heterocycles. The molecular weight excluding hydrogens is 641 g/mol. The van der Waals surface area contributed by atoms with Crippen LogP contribution in [-0.2, 0) is 5.41 Å². The fourth-order valence-electron chi connectivity index (χ4n) is 9.30.